The van der Waals surface area contributed by atoms with Crippen molar-refractivity contribution in [2.45, 2.75) is 63.7 Å². The van der Waals surface area contributed by atoms with Gasteiger partial charge in [0.1, 0.15) is 5.01 Å². The second-order valence-corrected chi connectivity index (χ2v) is 10.9. The predicted molar refractivity (Wildman–Crippen MR) is 112 cm³/mol. The van der Waals surface area contributed by atoms with Crippen molar-refractivity contribution in [2.24, 2.45) is 0 Å². The van der Waals surface area contributed by atoms with Gasteiger partial charge >= 0.3 is 21.6 Å². The number of thiazole rings is 1. The van der Waals surface area contributed by atoms with Gasteiger partial charge in [0.05, 0.1) is 15.8 Å². The first-order valence-electron chi connectivity index (χ1n) is 9.62. The molecule has 1 aromatic heterocycles. The Labute approximate surface area is 187 Å². The molecule has 7 nitrogen and oxygen atoms in total. The van der Waals surface area contributed by atoms with Gasteiger partial charge in [-0.2, -0.15) is 21.6 Å². The Balaban J connectivity index is 2.30. The SMILES string of the molecule is Cc1cc2nc(C3C=CCC3)sc2c(OS(=O)(=O)C(F)(F)F)c1C(OC(C)(C)C)C(=O)O. The molecular weight excluding hydrogens is 471 g/mol. The van der Waals surface area contributed by atoms with E-state index in [9.17, 15) is 31.5 Å². The lowest BCUT2D eigenvalue weighted by atomic mass is 10.0. The number of carboxylic acid groups (broad SMARTS) is 1. The van der Waals surface area contributed by atoms with Crippen LogP contribution >= 0.6 is 11.3 Å². The fourth-order valence-electron chi connectivity index (χ4n) is 3.34. The second-order valence-electron chi connectivity index (χ2n) is 8.38. The third kappa shape index (κ3) is 4.91. The summed E-state index contributed by atoms with van der Waals surface area (Å²) in [5.74, 6) is -2.29. The van der Waals surface area contributed by atoms with Crippen molar-refractivity contribution in [1.29, 1.82) is 0 Å². The topological polar surface area (TPSA) is 103 Å². The number of rotatable bonds is 6. The molecule has 2 aromatic rings. The molecule has 0 spiro atoms. The Morgan fingerprint density at radius 3 is 2.47 bits per heavy atom. The molecule has 2 unspecified atom stereocenters. The van der Waals surface area contributed by atoms with Crippen LogP contribution in [0.1, 0.15) is 61.8 Å². The maximum absolute atomic E-state index is 13.2. The molecule has 0 saturated heterocycles. The molecule has 0 amide bonds. The molecule has 32 heavy (non-hydrogen) atoms. The molecule has 1 heterocycles. The fourth-order valence-corrected chi connectivity index (χ4v) is 5.04. The minimum Gasteiger partial charge on any atom is -0.479 e. The summed E-state index contributed by atoms with van der Waals surface area (Å²) < 4.78 is 73.4. The van der Waals surface area contributed by atoms with Crippen LogP contribution in [-0.2, 0) is 19.6 Å². The first kappa shape index (κ1) is 24.5. The van der Waals surface area contributed by atoms with E-state index >= 15 is 0 Å². The van der Waals surface area contributed by atoms with Crippen molar-refractivity contribution in [1.82, 2.24) is 4.98 Å². The average Bonchev–Trinajstić information content (AvgIpc) is 3.27. The Morgan fingerprint density at radius 1 is 1.31 bits per heavy atom. The van der Waals surface area contributed by atoms with Gasteiger partial charge in [-0.3, -0.25) is 0 Å². The van der Waals surface area contributed by atoms with Crippen LogP contribution in [0.2, 0.25) is 0 Å². The molecule has 3 rings (SSSR count). The summed E-state index contributed by atoms with van der Waals surface area (Å²) in [6.07, 6.45) is 3.68. The van der Waals surface area contributed by atoms with Gasteiger partial charge in [0.15, 0.2) is 11.9 Å². The number of aryl methyl sites for hydroxylation is 1. The number of hydrogen-bond donors (Lipinski definition) is 1. The largest absolute Gasteiger partial charge is 0.534 e. The van der Waals surface area contributed by atoms with Gasteiger partial charge in [-0.1, -0.05) is 12.2 Å². The van der Waals surface area contributed by atoms with E-state index in [0.29, 0.717) is 5.01 Å². The molecule has 0 radical (unpaired) electrons. The molecule has 0 saturated carbocycles. The van der Waals surface area contributed by atoms with Crippen molar-refractivity contribution in [3.8, 4) is 5.75 Å². The summed E-state index contributed by atoms with van der Waals surface area (Å²) in [7, 11) is -6.08. The molecule has 0 fully saturated rings. The molecule has 0 bridgehead atoms. The van der Waals surface area contributed by atoms with E-state index in [1.807, 2.05) is 12.2 Å². The highest BCUT2D eigenvalue weighted by molar-refractivity contribution is 7.88. The molecular formula is C20H22F3NO6S2. The molecule has 2 atom stereocenters. The zero-order valence-corrected chi connectivity index (χ0v) is 19.3. The first-order chi connectivity index (χ1) is 14.6. The molecule has 12 heteroatoms. The molecule has 1 aromatic carbocycles. The first-order valence-corrected chi connectivity index (χ1v) is 11.8. The van der Waals surface area contributed by atoms with E-state index in [1.165, 1.54) is 13.0 Å². The maximum Gasteiger partial charge on any atom is 0.534 e. The van der Waals surface area contributed by atoms with Gasteiger partial charge in [-0.15, -0.1) is 11.3 Å². The molecule has 1 aliphatic rings. The highest BCUT2D eigenvalue weighted by atomic mass is 32.2. The van der Waals surface area contributed by atoms with Crippen LogP contribution in [-0.4, -0.2) is 35.6 Å². The van der Waals surface area contributed by atoms with Crippen LogP contribution < -0.4 is 4.18 Å². The highest BCUT2D eigenvalue weighted by Crippen LogP contribution is 2.45. The van der Waals surface area contributed by atoms with Gasteiger partial charge in [-0.05, 0) is 52.2 Å². The number of aliphatic carboxylic acids is 1. The van der Waals surface area contributed by atoms with E-state index < -0.39 is 39.1 Å². The predicted octanol–water partition coefficient (Wildman–Crippen LogP) is 5.21. The lowest BCUT2D eigenvalue weighted by Gasteiger charge is -2.27. The number of aromatic nitrogens is 1. The zero-order valence-electron chi connectivity index (χ0n) is 17.7. The summed E-state index contributed by atoms with van der Waals surface area (Å²) in [6, 6.07) is 1.50. The second kappa shape index (κ2) is 8.31. The van der Waals surface area contributed by atoms with Crippen molar-refractivity contribution in [2.75, 3.05) is 0 Å². The van der Waals surface area contributed by atoms with Crippen LogP contribution in [0.4, 0.5) is 13.2 Å². The third-order valence-electron chi connectivity index (χ3n) is 4.66. The number of alkyl halides is 3. The van der Waals surface area contributed by atoms with Crippen molar-refractivity contribution >= 4 is 37.6 Å². The monoisotopic (exact) mass is 493 g/mol. The van der Waals surface area contributed by atoms with E-state index in [4.69, 9.17) is 4.74 Å². The number of hydrogen-bond acceptors (Lipinski definition) is 7. The average molecular weight is 494 g/mol. The van der Waals surface area contributed by atoms with Crippen molar-refractivity contribution < 1.29 is 40.4 Å². The van der Waals surface area contributed by atoms with Gasteiger partial charge in [0.2, 0.25) is 0 Å². The summed E-state index contributed by atoms with van der Waals surface area (Å²) in [4.78, 5) is 16.5. The van der Waals surface area contributed by atoms with Gasteiger partial charge in [0.25, 0.3) is 0 Å². The third-order valence-corrected chi connectivity index (χ3v) is 6.82. The summed E-state index contributed by atoms with van der Waals surface area (Å²) >= 11 is 0.975. The number of halogens is 3. The number of nitrogens with zero attached hydrogens (tertiary/aromatic N) is 1. The Bertz CT molecular complexity index is 1180. The van der Waals surface area contributed by atoms with Crippen LogP contribution in [0.25, 0.3) is 10.2 Å². The number of fused-ring (bicyclic) bond motifs is 1. The molecule has 1 aliphatic carbocycles. The molecule has 0 aliphatic heterocycles. The molecule has 1 N–H and O–H groups in total. The number of ether oxygens (including phenoxy) is 1. The summed E-state index contributed by atoms with van der Waals surface area (Å²) in [5, 5.41) is 10.3. The maximum atomic E-state index is 13.2. The van der Waals surface area contributed by atoms with Gasteiger partial charge in [-0.25, -0.2) is 9.78 Å². The minimum absolute atomic E-state index is 0.0116. The number of carboxylic acids is 1. The number of carbonyl (C=O) groups is 1. The normalized spacial score (nSPS) is 18.3. The van der Waals surface area contributed by atoms with Crippen LogP contribution in [0.5, 0.6) is 5.75 Å². The lowest BCUT2D eigenvalue weighted by Crippen LogP contribution is -2.31. The van der Waals surface area contributed by atoms with Crippen LogP contribution in [0.15, 0.2) is 18.2 Å². The van der Waals surface area contributed by atoms with Crippen molar-refractivity contribution in [3.63, 3.8) is 0 Å². The van der Waals surface area contributed by atoms with Crippen molar-refractivity contribution in [3.05, 3.63) is 34.4 Å². The Morgan fingerprint density at radius 2 is 1.97 bits per heavy atom. The quantitative estimate of drug-likeness (QED) is 0.335. The molecule has 176 valence electrons. The van der Waals surface area contributed by atoms with E-state index in [-0.39, 0.29) is 27.3 Å². The number of allylic oxidation sites excluding steroid dienone is 2. The van der Waals surface area contributed by atoms with Crippen LogP contribution in [0.3, 0.4) is 0 Å². The highest BCUT2D eigenvalue weighted by Gasteiger charge is 2.49. The Hall–Kier alpha value is -2.18. The Kier molecular flexibility index (Phi) is 6.35. The zero-order chi connectivity index (χ0) is 24.1. The minimum atomic E-state index is -6.08. The lowest BCUT2D eigenvalue weighted by molar-refractivity contribution is -0.160. The fraction of sp³-hybridized carbons (Fsp3) is 0.500. The van der Waals surface area contributed by atoms with Crippen LogP contribution in [0, 0.1) is 6.92 Å². The summed E-state index contributed by atoms with van der Waals surface area (Å²) in [5.41, 5.74) is -6.60. The van der Waals surface area contributed by atoms with E-state index in [0.717, 1.165) is 24.2 Å². The smallest absolute Gasteiger partial charge is 0.479 e. The van der Waals surface area contributed by atoms with Gasteiger partial charge < -0.3 is 14.0 Å². The number of benzene rings is 1. The van der Waals surface area contributed by atoms with E-state index in [2.05, 4.69) is 9.17 Å². The van der Waals surface area contributed by atoms with Gasteiger partial charge in [0, 0.05) is 11.5 Å². The summed E-state index contributed by atoms with van der Waals surface area (Å²) in [6.45, 7) is 6.15. The van der Waals surface area contributed by atoms with E-state index in [1.54, 1.807) is 20.8 Å². The standard InChI is InChI=1S/C20H22F3NO6S2/c1-10-9-12-16(31-17(24-12)11-7-5-6-8-11)14(30-32(27,28)20(21,22)23)13(10)15(18(25)26)29-19(2,3)4/h5,7,9,11,15H,6,8H2,1-4H3,(H,25,26).